The predicted octanol–water partition coefficient (Wildman–Crippen LogP) is 6.22. The van der Waals surface area contributed by atoms with Crippen LogP contribution in [-0.4, -0.2) is 30.1 Å². The molecular formula is C28H38O4. The molecule has 5 atom stereocenters. The number of allylic oxidation sites excluding steroid dienone is 7. The number of hydrogen-bond acceptors (Lipinski definition) is 4. The molecule has 0 N–H and O–H groups in total. The summed E-state index contributed by atoms with van der Waals surface area (Å²) < 4.78 is 11.3. The maximum absolute atomic E-state index is 12.2. The van der Waals surface area contributed by atoms with Crippen LogP contribution in [0.5, 0.6) is 0 Å². The number of carbonyl (C=O) groups is 2. The molecule has 1 saturated heterocycles. The van der Waals surface area contributed by atoms with E-state index in [0.29, 0.717) is 12.3 Å². The predicted molar refractivity (Wildman–Crippen MR) is 130 cm³/mol. The Morgan fingerprint density at radius 1 is 1.25 bits per heavy atom. The van der Waals surface area contributed by atoms with E-state index in [2.05, 4.69) is 45.1 Å². The molecule has 0 aliphatic carbocycles. The first kappa shape index (κ1) is 25.8. The third kappa shape index (κ3) is 8.96. The Morgan fingerprint density at radius 2 is 2.03 bits per heavy atom. The molecule has 0 amide bonds. The van der Waals surface area contributed by atoms with Crippen molar-refractivity contribution in [3.05, 3.63) is 71.9 Å². The molecule has 1 fully saturated rings. The quantitative estimate of drug-likeness (QED) is 0.244. The van der Waals surface area contributed by atoms with Gasteiger partial charge in [-0.2, -0.15) is 0 Å². The highest BCUT2D eigenvalue weighted by atomic mass is 16.5. The fourth-order valence-electron chi connectivity index (χ4n) is 4.04. The van der Waals surface area contributed by atoms with E-state index in [0.717, 1.165) is 24.8 Å². The minimum atomic E-state index is -0.275. The Balaban J connectivity index is 1.79. The highest BCUT2D eigenvalue weighted by Crippen LogP contribution is 2.25. The summed E-state index contributed by atoms with van der Waals surface area (Å²) in [6, 6.07) is 0. The summed E-state index contributed by atoms with van der Waals surface area (Å²) in [6.07, 6.45) is 22.4. The maximum atomic E-state index is 12.2. The largest absolute Gasteiger partial charge is 0.455 e. The van der Waals surface area contributed by atoms with Gasteiger partial charge in [-0.3, -0.25) is 4.79 Å². The van der Waals surface area contributed by atoms with Gasteiger partial charge in [-0.15, -0.1) is 0 Å². The van der Waals surface area contributed by atoms with Crippen LogP contribution >= 0.6 is 0 Å². The molecule has 32 heavy (non-hydrogen) atoms. The van der Waals surface area contributed by atoms with Crippen molar-refractivity contribution in [1.82, 2.24) is 0 Å². The smallest absolute Gasteiger partial charge is 0.331 e. The lowest BCUT2D eigenvalue weighted by atomic mass is 9.90. The number of carbonyl (C=O) groups excluding carboxylic acids is 2. The van der Waals surface area contributed by atoms with E-state index in [1.54, 1.807) is 0 Å². The number of Topliss-reactive ketones (excluding diaryl/α,β-unsaturated/α-hetero) is 1. The standard InChI is InChI=1S/C28H38O4/c1-6-10-27-23(5)26(29)19-25(31-27)12-8-7-11-20(2)17-22(4)18-21(3)15-16-24-13-9-14-28(30)32-24/h6-11,14-16,18,22-25,27H,12-13,17,19H2,1-5H3/b8-7+,10-6+,16-15+,20-11+,21-18-/t22-,23+,24-,25-,27+/m1/s1. The second-order valence-electron chi connectivity index (χ2n) is 8.95. The van der Waals surface area contributed by atoms with Crippen LogP contribution in [0.3, 0.4) is 0 Å². The molecule has 4 heteroatoms. The van der Waals surface area contributed by atoms with Gasteiger partial charge in [0.15, 0.2) is 0 Å². The summed E-state index contributed by atoms with van der Waals surface area (Å²) in [5.41, 5.74) is 2.46. The van der Waals surface area contributed by atoms with Gasteiger partial charge in [0.05, 0.1) is 12.2 Å². The van der Waals surface area contributed by atoms with Crippen molar-refractivity contribution in [2.45, 2.75) is 78.6 Å². The van der Waals surface area contributed by atoms with E-state index < -0.39 is 0 Å². The molecule has 2 heterocycles. The fraction of sp³-hybridized carbons (Fsp3) is 0.500. The van der Waals surface area contributed by atoms with Gasteiger partial charge in [-0.1, -0.05) is 73.6 Å². The number of ketones is 1. The Hall–Kier alpha value is -2.46. The second kappa shape index (κ2) is 13.2. The van der Waals surface area contributed by atoms with Gasteiger partial charge >= 0.3 is 5.97 Å². The molecule has 0 spiro atoms. The van der Waals surface area contributed by atoms with Gasteiger partial charge in [0.2, 0.25) is 0 Å². The first-order valence-electron chi connectivity index (χ1n) is 11.7. The fourth-order valence-corrected chi connectivity index (χ4v) is 4.04. The van der Waals surface area contributed by atoms with Crippen molar-refractivity contribution in [3.63, 3.8) is 0 Å². The number of cyclic esters (lactones) is 1. The number of ether oxygens (including phenoxy) is 2. The van der Waals surface area contributed by atoms with Crippen LogP contribution < -0.4 is 0 Å². The Kier molecular flexibility index (Phi) is 10.6. The van der Waals surface area contributed by atoms with E-state index in [1.807, 2.05) is 44.2 Å². The van der Waals surface area contributed by atoms with Crippen molar-refractivity contribution >= 4 is 11.8 Å². The van der Waals surface area contributed by atoms with Gasteiger partial charge in [0.1, 0.15) is 11.9 Å². The van der Waals surface area contributed by atoms with Crippen LogP contribution in [-0.2, 0) is 19.1 Å². The number of hydrogen-bond donors (Lipinski definition) is 0. The van der Waals surface area contributed by atoms with Crippen LogP contribution in [0.15, 0.2) is 71.9 Å². The van der Waals surface area contributed by atoms with Gasteiger partial charge < -0.3 is 9.47 Å². The van der Waals surface area contributed by atoms with E-state index >= 15 is 0 Å². The van der Waals surface area contributed by atoms with Gasteiger partial charge in [-0.05, 0) is 45.6 Å². The van der Waals surface area contributed by atoms with Crippen LogP contribution in [0.4, 0.5) is 0 Å². The Morgan fingerprint density at radius 3 is 2.75 bits per heavy atom. The summed E-state index contributed by atoms with van der Waals surface area (Å²) in [4.78, 5) is 23.5. The number of rotatable bonds is 9. The molecular weight excluding hydrogens is 400 g/mol. The minimum Gasteiger partial charge on any atom is -0.455 e. The van der Waals surface area contributed by atoms with E-state index in [9.17, 15) is 9.59 Å². The van der Waals surface area contributed by atoms with Crippen LogP contribution in [0, 0.1) is 11.8 Å². The zero-order valence-corrected chi connectivity index (χ0v) is 20.1. The van der Waals surface area contributed by atoms with Crippen LogP contribution in [0.25, 0.3) is 0 Å². The van der Waals surface area contributed by atoms with E-state index in [-0.39, 0.29) is 36.0 Å². The topological polar surface area (TPSA) is 52.6 Å². The second-order valence-corrected chi connectivity index (χ2v) is 8.95. The Labute approximate surface area is 193 Å². The maximum Gasteiger partial charge on any atom is 0.331 e. The highest BCUT2D eigenvalue weighted by Gasteiger charge is 2.32. The SMILES string of the molecule is C/C=C/[C@@H]1O[C@H](C/C=C/C=C(\C)C[C@@H](C)/C=C(C)\C=C\[C@H]2CC=CC(=O)O2)CC(=O)[C@@H]1C. The summed E-state index contributed by atoms with van der Waals surface area (Å²) in [5, 5.41) is 0. The molecule has 2 aliphatic heterocycles. The van der Waals surface area contributed by atoms with Crippen molar-refractivity contribution in [3.8, 4) is 0 Å². The lowest BCUT2D eigenvalue weighted by Gasteiger charge is -2.31. The van der Waals surface area contributed by atoms with Crippen molar-refractivity contribution in [1.29, 1.82) is 0 Å². The van der Waals surface area contributed by atoms with Crippen LogP contribution in [0.2, 0.25) is 0 Å². The van der Waals surface area contributed by atoms with Gasteiger partial charge in [0, 0.05) is 24.8 Å². The molecule has 0 saturated carbocycles. The highest BCUT2D eigenvalue weighted by molar-refractivity contribution is 5.83. The number of esters is 1. The molecule has 2 rings (SSSR count). The lowest BCUT2D eigenvalue weighted by molar-refractivity contribution is -0.142. The summed E-state index contributed by atoms with van der Waals surface area (Å²) in [7, 11) is 0. The third-order valence-corrected chi connectivity index (χ3v) is 5.73. The molecule has 0 aromatic heterocycles. The lowest BCUT2D eigenvalue weighted by Crippen LogP contribution is -2.38. The molecule has 4 nitrogen and oxygen atoms in total. The van der Waals surface area contributed by atoms with Crippen molar-refractivity contribution in [2.75, 3.05) is 0 Å². The zero-order chi connectivity index (χ0) is 23.5. The van der Waals surface area contributed by atoms with Crippen molar-refractivity contribution in [2.24, 2.45) is 11.8 Å². The van der Waals surface area contributed by atoms with Gasteiger partial charge in [-0.25, -0.2) is 4.79 Å². The first-order chi connectivity index (χ1) is 15.3. The average Bonchev–Trinajstić information content (AvgIpc) is 2.73. The summed E-state index contributed by atoms with van der Waals surface area (Å²) >= 11 is 0. The molecule has 174 valence electrons. The minimum absolute atomic E-state index is 0.0416. The van der Waals surface area contributed by atoms with Crippen molar-refractivity contribution < 1.29 is 19.1 Å². The Bertz CT molecular complexity index is 824. The monoisotopic (exact) mass is 438 g/mol. The zero-order valence-electron chi connectivity index (χ0n) is 20.1. The molecule has 2 aliphatic rings. The first-order valence-corrected chi connectivity index (χ1v) is 11.7. The third-order valence-electron chi connectivity index (χ3n) is 5.73. The van der Waals surface area contributed by atoms with Gasteiger partial charge in [0.25, 0.3) is 0 Å². The molecule has 0 bridgehead atoms. The van der Waals surface area contributed by atoms with E-state index in [1.165, 1.54) is 11.6 Å². The normalized spacial score (nSPS) is 28.8. The summed E-state index contributed by atoms with van der Waals surface area (Å²) in [5.74, 6) is 0.354. The average molecular weight is 439 g/mol. The molecule has 0 radical (unpaired) electrons. The molecule has 0 aromatic rings. The van der Waals surface area contributed by atoms with Crippen LogP contribution in [0.1, 0.15) is 60.3 Å². The summed E-state index contributed by atoms with van der Waals surface area (Å²) in [6.45, 7) is 10.3. The molecule has 0 unspecified atom stereocenters. The van der Waals surface area contributed by atoms with E-state index in [4.69, 9.17) is 9.47 Å². The molecule has 0 aromatic carbocycles.